The van der Waals surface area contributed by atoms with E-state index in [1.807, 2.05) is 17.0 Å². The van der Waals surface area contributed by atoms with E-state index in [1.165, 1.54) is 24.3 Å². The van der Waals surface area contributed by atoms with Crippen LogP contribution < -0.4 is 4.90 Å². The van der Waals surface area contributed by atoms with Gasteiger partial charge in [0.05, 0.1) is 6.04 Å². The quantitative estimate of drug-likeness (QED) is 0.545. The number of aromatic hydroxyl groups is 1. The van der Waals surface area contributed by atoms with Crippen molar-refractivity contribution in [1.82, 2.24) is 0 Å². The predicted octanol–water partition coefficient (Wildman–Crippen LogP) is 5.75. The van der Waals surface area contributed by atoms with Gasteiger partial charge in [-0.3, -0.25) is 0 Å². The molecular weight excluding hydrogens is 384 g/mol. The van der Waals surface area contributed by atoms with Crippen molar-refractivity contribution in [3.05, 3.63) is 95.6 Å². The van der Waals surface area contributed by atoms with Crippen LogP contribution in [0.5, 0.6) is 5.75 Å². The number of hydrogen-bond donors (Lipinski definition) is 2. The Morgan fingerprint density at radius 1 is 0.867 bits per heavy atom. The molecule has 0 bridgehead atoms. The van der Waals surface area contributed by atoms with E-state index in [4.69, 9.17) is 0 Å². The minimum atomic E-state index is -0.685. The molecule has 156 valence electrons. The molecule has 3 unspecified atom stereocenters. The van der Waals surface area contributed by atoms with Crippen LogP contribution in [0.4, 0.5) is 14.5 Å². The highest BCUT2D eigenvalue weighted by atomic mass is 19.1. The zero-order valence-corrected chi connectivity index (χ0v) is 16.7. The molecule has 0 saturated carbocycles. The molecule has 1 aliphatic heterocycles. The minimum absolute atomic E-state index is 0.0116. The number of benzene rings is 3. The zero-order valence-electron chi connectivity index (χ0n) is 16.7. The first-order valence-corrected chi connectivity index (χ1v) is 10.2. The van der Waals surface area contributed by atoms with Crippen LogP contribution in [0.15, 0.2) is 72.8 Å². The van der Waals surface area contributed by atoms with Crippen molar-refractivity contribution in [2.24, 2.45) is 5.92 Å². The van der Waals surface area contributed by atoms with Crippen molar-refractivity contribution in [2.75, 3.05) is 4.90 Å². The highest BCUT2D eigenvalue weighted by Gasteiger charge is 2.48. The molecule has 0 spiro atoms. The number of rotatable bonds is 6. The summed E-state index contributed by atoms with van der Waals surface area (Å²) in [6, 6.07) is 19.6. The van der Waals surface area contributed by atoms with Crippen LogP contribution in [0.3, 0.4) is 0 Å². The largest absolute Gasteiger partial charge is 0.508 e. The van der Waals surface area contributed by atoms with Crippen molar-refractivity contribution < 1.29 is 19.0 Å². The minimum Gasteiger partial charge on any atom is -0.508 e. The molecule has 1 heterocycles. The van der Waals surface area contributed by atoms with Gasteiger partial charge in [-0.2, -0.15) is 0 Å². The Labute approximate surface area is 175 Å². The monoisotopic (exact) mass is 409 g/mol. The Hall–Kier alpha value is -2.92. The van der Waals surface area contributed by atoms with E-state index in [2.05, 4.69) is 6.92 Å². The van der Waals surface area contributed by atoms with Gasteiger partial charge >= 0.3 is 0 Å². The average molecular weight is 409 g/mol. The first-order valence-electron chi connectivity index (χ1n) is 10.2. The van der Waals surface area contributed by atoms with Crippen LogP contribution in [0, 0.1) is 17.6 Å². The number of aliphatic hydroxyl groups is 1. The van der Waals surface area contributed by atoms with Crippen molar-refractivity contribution in [3.63, 3.8) is 0 Å². The molecule has 2 N–H and O–H groups in total. The third-order valence-corrected chi connectivity index (χ3v) is 6.10. The van der Waals surface area contributed by atoms with Crippen molar-refractivity contribution in [3.8, 4) is 5.75 Å². The molecule has 4 rings (SSSR count). The summed E-state index contributed by atoms with van der Waals surface area (Å²) in [5.74, 6) is -0.156. The van der Waals surface area contributed by atoms with Gasteiger partial charge in [-0.25, -0.2) is 8.78 Å². The fourth-order valence-corrected chi connectivity index (χ4v) is 4.35. The number of phenolic OH excluding ortho intramolecular Hbond substituents is 1. The van der Waals surface area contributed by atoms with Crippen molar-refractivity contribution in [2.45, 2.75) is 38.0 Å². The third kappa shape index (κ3) is 4.03. The molecule has 0 radical (unpaired) electrons. The summed E-state index contributed by atoms with van der Waals surface area (Å²) in [5, 5.41) is 20.6. The Balaban J connectivity index is 1.54. The van der Waals surface area contributed by atoms with Crippen molar-refractivity contribution in [1.29, 1.82) is 0 Å². The first-order chi connectivity index (χ1) is 14.4. The predicted molar refractivity (Wildman–Crippen MR) is 113 cm³/mol. The van der Waals surface area contributed by atoms with Gasteiger partial charge in [-0.15, -0.1) is 0 Å². The lowest BCUT2D eigenvalue weighted by Crippen LogP contribution is -2.58. The summed E-state index contributed by atoms with van der Waals surface area (Å²) in [6.07, 6.45) is 0.942. The number of anilines is 1. The molecule has 0 aliphatic carbocycles. The lowest BCUT2D eigenvalue weighted by molar-refractivity contribution is -0.000961. The van der Waals surface area contributed by atoms with E-state index in [0.717, 1.165) is 29.7 Å². The number of nitrogens with zero attached hydrogens (tertiary/aromatic N) is 1. The molecule has 3 aromatic carbocycles. The first kappa shape index (κ1) is 20.4. The highest BCUT2D eigenvalue weighted by Crippen LogP contribution is 2.49. The maximum absolute atomic E-state index is 13.4. The molecule has 5 heteroatoms. The standard InChI is InChI=1S/C25H25F2NO2/c1-16(17-3-7-19(26)8-4-17)2-15-23-24(18-5-13-22(29)14-6-18)28(25(23)30)21-11-9-20(27)10-12-21/h3-14,16,23-25,29-30H,2,15H2,1H3/t16?,23-,24?,25?/m1/s1. The highest BCUT2D eigenvalue weighted by molar-refractivity contribution is 5.54. The number of halogens is 2. The smallest absolute Gasteiger partial charge is 0.132 e. The Morgan fingerprint density at radius 3 is 2.03 bits per heavy atom. The molecule has 1 aliphatic rings. The summed E-state index contributed by atoms with van der Waals surface area (Å²) in [6.45, 7) is 2.10. The Kier molecular flexibility index (Phi) is 5.73. The van der Waals surface area contributed by atoms with E-state index in [0.29, 0.717) is 0 Å². The molecule has 0 aromatic heterocycles. The normalized spacial score (nSPS) is 21.9. The molecular formula is C25H25F2NO2. The maximum Gasteiger partial charge on any atom is 0.132 e. The Morgan fingerprint density at radius 2 is 1.43 bits per heavy atom. The van der Waals surface area contributed by atoms with Crippen LogP contribution in [0.2, 0.25) is 0 Å². The molecule has 3 nitrogen and oxygen atoms in total. The van der Waals surface area contributed by atoms with Crippen molar-refractivity contribution >= 4 is 5.69 Å². The summed E-state index contributed by atoms with van der Waals surface area (Å²) >= 11 is 0. The number of phenols is 1. The molecule has 30 heavy (non-hydrogen) atoms. The summed E-state index contributed by atoms with van der Waals surface area (Å²) in [5.41, 5.74) is 2.81. The summed E-state index contributed by atoms with van der Waals surface area (Å²) in [4.78, 5) is 1.89. The van der Waals surface area contributed by atoms with Gasteiger partial charge in [0.2, 0.25) is 0 Å². The summed E-state index contributed by atoms with van der Waals surface area (Å²) < 4.78 is 26.6. The second kappa shape index (κ2) is 8.44. The van der Waals surface area contributed by atoms with E-state index < -0.39 is 6.23 Å². The van der Waals surface area contributed by atoms with E-state index in [-0.39, 0.29) is 35.3 Å². The van der Waals surface area contributed by atoms with Crippen LogP contribution >= 0.6 is 0 Å². The topological polar surface area (TPSA) is 43.7 Å². The SMILES string of the molecule is CC(CC[C@H]1C(O)N(c2ccc(F)cc2)C1c1ccc(O)cc1)c1ccc(F)cc1. The number of hydrogen-bond acceptors (Lipinski definition) is 3. The third-order valence-electron chi connectivity index (χ3n) is 6.10. The maximum atomic E-state index is 13.4. The van der Waals surface area contributed by atoms with Gasteiger partial charge in [-0.1, -0.05) is 31.2 Å². The molecule has 0 amide bonds. The van der Waals surface area contributed by atoms with E-state index >= 15 is 0 Å². The lowest BCUT2D eigenvalue weighted by atomic mass is 9.76. The van der Waals surface area contributed by atoms with Gasteiger partial charge < -0.3 is 15.1 Å². The van der Waals surface area contributed by atoms with Crippen LogP contribution in [-0.4, -0.2) is 16.4 Å². The van der Waals surface area contributed by atoms with Crippen LogP contribution in [0.25, 0.3) is 0 Å². The number of aliphatic hydroxyl groups excluding tert-OH is 1. The fourth-order valence-electron chi connectivity index (χ4n) is 4.35. The Bertz CT molecular complexity index is 974. The van der Waals surface area contributed by atoms with Gasteiger partial charge in [0.25, 0.3) is 0 Å². The molecule has 4 atom stereocenters. The van der Waals surface area contributed by atoms with Crippen LogP contribution in [-0.2, 0) is 0 Å². The van der Waals surface area contributed by atoms with Gasteiger partial charge in [0.15, 0.2) is 0 Å². The van der Waals surface area contributed by atoms with Gasteiger partial charge in [0, 0.05) is 11.6 Å². The summed E-state index contributed by atoms with van der Waals surface area (Å²) in [7, 11) is 0. The average Bonchev–Trinajstić information content (AvgIpc) is 2.74. The second-order valence-electron chi connectivity index (χ2n) is 8.03. The zero-order chi connectivity index (χ0) is 21.3. The lowest BCUT2D eigenvalue weighted by Gasteiger charge is -2.54. The van der Waals surface area contributed by atoms with Gasteiger partial charge in [-0.05, 0) is 78.4 Å². The van der Waals surface area contributed by atoms with E-state index in [1.54, 1.807) is 36.4 Å². The van der Waals surface area contributed by atoms with E-state index in [9.17, 15) is 19.0 Å². The fraction of sp³-hybridized carbons (Fsp3) is 0.280. The van der Waals surface area contributed by atoms with Gasteiger partial charge in [0.1, 0.15) is 23.6 Å². The van der Waals surface area contributed by atoms with Crippen LogP contribution in [0.1, 0.15) is 42.9 Å². The molecule has 1 saturated heterocycles. The molecule has 3 aromatic rings. The molecule has 1 fully saturated rings. The second-order valence-corrected chi connectivity index (χ2v) is 8.03.